The van der Waals surface area contributed by atoms with Crippen LogP contribution in [-0.4, -0.2) is 50.9 Å². The van der Waals surface area contributed by atoms with E-state index >= 15 is 0 Å². The summed E-state index contributed by atoms with van der Waals surface area (Å²) in [6, 6.07) is 7.52. The molecule has 144 valence electrons. The maximum Gasteiger partial charge on any atom is 1.00 e. The van der Waals surface area contributed by atoms with Crippen LogP contribution in [0.25, 0.3) is 11.6 Å². The summed E-state index contributed by atoms with van der Waals surface area (Å²) in [5, 5.41) is 15.4. The second-order valence-corrected chi connectivity index (χ2v) is 8.33. The summed E-state index contributed by atoms with van der Waals surface area (Å²) in [4.78, 5) is 41.9. The van der Waals surface area contributed by atoms with Crippen molar-refractivity contribution in [2.75, 3.05) is 11.5 Å². The maximum atomic E-state index is 12.9. The van der Waals surface area contributed by atoms with Gasteiger partial charge in [0.1, 0.15) is 11.4 Å². The second-order valence-electron chi connectivity index (χ2n) is 6.30. The van der Waals surface area contributed by atoms with Crippen LogP contribution in [0.1, 0.15) is 11.3 Å². The molecule has 2 aliphatic rings. The average molecular weight is 438 g/mol. The SMILES string of the molecule is Nc1nc(/C(=C/c2ccccc2)C(=O)NC2C(=O)N3C(C(=O)[O-])CS[C@@H]23)cs1.[Na+]. The van der Waals surface area contributed by atoms with Gasteiger partial charge in [0, 0.05) is 11.1 Å². The van der Waals surface area contributed by atoms with Gasteiger partial charge in [-0.15, -0.1) is 23.1 Å². The van der Waals surface area contributed by atoms with Crippen LogP contribution < -0.4 is 45.7 Å². The second kappa shape index (κ2) is 8.88. The molecule has 2 aliphatic heterocycles. The van der Waals surface area contributed by atoms with Gasteiger partial charge in [0.2, 0.25) is 5.91 Å². The number of nitrogen functional groups attached to an aromatic ring is 1. The Labute approximate surface area is 196 Å². The molecule has 0 aliphatic carbocycles. The van der Waals surface area contributed by atoms with Crippen molar-refractivity contribution in [1.82, 2.24) is 15.2 Å². The molecule has 0 radical (unpaired) electrons. The summed E-state index contributed by atoms with van der Waals surface area (Å²) in [5.74, 6) is -1.92. The molecule has 3 heterocycles. The van der Waals surface area contributed by atoms with Crippen molar-refractivity contribution < 1.29 is 49.0 Å². The number of carboxylic acid groups (broad SMARTS) is 1. The summed E-state index contributed by atoms with van der Waals surface area (Å²) in [7, 11) is 0. The van der Waals surface area contributed by atoms with E-state index in [0.717, 1.165) is 5.56 Å². The van der Waals surface area contributed by atoms with Crippen LogP contribution in [0, 0.1) is 0 Å². The monoisotopic (exact) mass is 438 g/mol. The third-order valence-electron chi connectivity index (χ3n) is 4.55. The molecule has 3 atom stereocenters. The van der Waals surface area contributed by atoms with Crippen LogP contribution >= 0.6 is 23.1 Å². The van der Waals surface area contributed by atoms with Gasteiger partial charge in [0.15, 0.2) is 5.13 Å². The first-order valence-corrected chi connectivity index (χ1v) is 10.3. The number of aliphatic carboxylic acids is 1. The first-order chi connectivity index (χ1) is 13.5. The predicted octanol–water partition coefficient (Wildman–Crippen LogP) is -3.21. The van der Waals surface area contributed by atoms with E-state index in [1.165, 1.54) is 28.0 Å². The van der Waals surface area contributed by atoms with Crippen LogP contribution in [0.2, 0.25) is 0 Å². The van der Waals surface area contributed by atoms with Crippen molar-refractivity contribution >= 4 is 57.7 Å². The van der Waals surface area contributed by atoms with Crippen molar-refractivity contribution in [3.05, 3.63) is 47.0 Å². The Balaban J connectivity index is 0.00000240. The normalized spacial score (nSPS) is 23.0. The summed E-state index contributed by atoms with van der Waals surface area (Å²) >= 11 is 2.53. The number of anilines is 1. The number of nitrogens with two attached hydrogens (primary N) is 1. The minimum atomic E-state index is -1.28. The third kappa shape index (κ3) is 4.22. The number of amides is 2. The van der Waals surface area contributed by atoms with E-state index in [1.807, 2.05) is 30.3 Å². The molecule has 0 saturated carbocycles. The van der Waals surface area contributed by atoms with Gasteiger partial charge < -0.3 is 25.9 Å². The summed E-state index contributed by atoms with van der Waals surface area (Å²) in [6.07, 6.45) is 1.68. The molecule has 8 nitrogen and oxygen atoms in total. The molecule has 3 N–H and O–H groups in total. The van der Waals surface area contributed by atoms with Crippen LogP contribution in [0.3, 0.4) is 0 Å². The number of benzene rings is 1. The quantitative estimate of drug-likeness (QED) is 0.286. The summed E-state index contributed by atoms with van der Waals surface area (Å²) in [5.41, 5.74) is 7.20. The Bertz CT molecular complexity index is 981. The van der Waals surface area contributed by atoms with Gasteiger partial charge in [-0.05, 0) is 11.6 Å². The maximum absolute atomic E-state index is 12.9. The molecule has 2 saturated heterocycles. The van der Waals surface area contributed by atoms with E-state index in [2.05, 4.69) is 10.3 Å². The van der Waals surface area contributed by atoms with Gasteiger partial charge in [-0.25, -0.2) is 4.98 Å². The van der Waals surface area contributed by atoms with Crippen LogP contribution in [0.15, 0.2) is 35.7 Å². The fraction of sp³-hybridized carbons (Fsp3) is 0.222. The van der Waals surface area contributed by atoms with E-state index in [4.69, 9.17) is 5.73 Å². The molecule has 2 fully saturated rings. The van der Waals surface area contributed by atoms with E-state index < -0.39 is 35.2 Å². The zero-order chi connectivity index (χ0) is 19.8. The first-order valence-electron chi connectivity index (χ1n) is 8.39. The Morgan fingerprint density at radius 3 is 2.66 bits per heavy atom. The van der Waals surface area contributed by atoms with Crippen LogP contribution in [0.5, 0.6) is 0 Å². The number of nitrogens with one attached hydrogen (secondary N) is 1. The van der Waals surface area contributed by atoms with Gasteiger partial charge in [-0.2, -0.15) is 0 Å². The molecule has 2 aromatic rings. The molecule has 2 amide bonds. The largest absolute Gasteiger partial charge is 1.00 e. The summed E-state index contributed by atoms with van der Waals surface area (Å²) in [6.45, 7) is 0. The number of hydrogen-bond acceptors (Lipinski definition) is 8. The number of carbonyl (C=O) groups excluding carboxylic acids is 3. The first kappa shape index (κ1) is 21.8. The van der Waals surface area contributed by atoms with E-state index in [0.29, 0.717) is 10.8 Å². The molecular weight excluding hydrogens is 423 g/mol. The molecule has 1 aromatic heterocycles. The van der Waals surface area contributed by atoms with Gasteiger partial charge in [-0.1, -0.05) is 30.3 Å². The molecule has 2 unspecified atom stereocenters. The standard InChI is InChI=1S/C18H16N4O4S2.Na/c19-18-20-11(7-28-18)10(6-9-4-2-1-3-5-9)14(23)21-13-15(24)22-12(17(25)26)8-27-16(13)22;/h1-7,12-13,16H,8H2,(H2,19,20)(H,21,23)(H,25,26);/q;+1/p-1/b10-6-;/t12?,13?,16-;/m0./s1. The van der Waals surface area contributed by atoms with Crippen molar-refractivity contribution in [2.45, 2.75) is 17.5 Å². The zero-order valence-corrected chi connectivity index (χ0v) is 19.0. The Morgan fingerprint density at radius 1 is 1.31 bits per heavy atom. The minimum absolute atomic E-state index is 0. The van der Waals surface area contributed by atoms with Gasteiger partial charge in [0.05, 0.1) is 23.3 Å². The number of hydrogen-bond donors (Lipinski definition) is 2. The zero-order valence-electron chi connectivity index (χ0n) is 15.4. The number of carboxylic acids is 1. The van der Waals surface area contributed by atoms with E-state index in [1.54, 1.807) is 11.5 Å². The predicted molar refractivity (Wildman–Crippen MR) is 105 cm³/mol. The average Bonchev–Trinajstić information content (AvgIpc) is 3.29. The number of rotatable bonds is 5. The minimum Gasteiger partial charge on any atom is -0.548 e. The molecule has 1 aromatic carbocycles. The van der Waals surface area contributed by atoms with Crippen molar-refractivity contribution in [2.24, 2.45) is 0 Å². The number of thiazole rings is 1. The van der Waals surface area contributed by atoms with E-state index in [9.17, 15) is 19.5 Å². The number of nitrogens with zero attached hydrogens (tertiary/aromatic N) is 2. The smallest absolute Gasteiger partial charge is 0.548 e. The van der Waals surface area contributed by atoms with Gasteiger partial charge >= 0.3 is 29.6 Å². The Hall–Kier alpha value is -1.85. The number of carbonyl (C=O) groups is 3. The van der Waals surface area contributed by atoms with Gasteiger partial charge in [-0.3, -0.25) is 9.59 Å². The summed E-state index contributed by atoms with van der Waals surface area (Å²) < 4.78 is 0. The van der Waals surface area contributed by atoms with Crippen molar-refractivity contribution in [3.63, 3.8) is 0 Å². The van der Waals surface area contributed by atoms with Gasteiger partial charge in [0.25, 0.3) is 5.91 Å². The molecule has 11 heteroatoms. The van der Waals surface area contributed by atoms with E-state index in [-0.39, 0.29) is 40.9 Å². The number of aromatic nitrogens is 1. The Kier molecular flexibility index (Phi) is 6.69. The fourth-order valence-electron chi connectivity index (χ4n) is 3.18. The molecule has 0 spiro atoms. The third-order valence-corrected chi connectivity index (χ3v) is 6.58. The molecule has 0 bridgehead atoms. The van der Waals surface area contributed by atoms with Crippen LogP contribution in [-0.2, 0) is 14.4 Å². The molecule has 29 heavy (non-hydrogen) atoms. The number of β-lactam (4-membered cyclic amide) rings is 1. The molecule has 4 rings (SSSR count). The Morgan fingerprint density at radius 2 is 2.03 bits per heavy atom. The fourth-order valence-corrected chi connectivity index (χ4v) is 5.21. The van der Waals surface area contributed by atoms with Crippen LogP contribution in [0.4, 0.5) is 5.13 Å². The van der Waals surface area contributed by atoms with Crippen molar-refractivity contribution in [1.29, 1.82) is 0 Å². The number of thioether (sulfide) groups is 1. The van der Waals surface area contributed by atoms with Crippen molar-refractivity contribution in [3.8, 4) is 0 Å². The topological polar surface area (TPSA) is 128 Å². The number of fused-ring (bicyclic) bond motifs is 1. The molecular formula is C18H15N4NaO4S2.